The van der Waals surface area contributed by atoms with E-state index in [-0.39, 0.29) is 13.0 Å². The van der Waals surface area contributed by atoms with Crippen molar-refractivity contribution in [3.8, 4) is 0 Å². The summed E-state index contributed by atoms with van der Waals surface area (Å²) >= 11 is 0. The summed E-state index contributed by atoms with van der Waals surface area (Å²) in [4.78, 5) is 13.5. The number of nitrogens with zero attached hydrogens (tertiary/aromatic N) is 1. The minimum atomic E-state index is -1.33. The van der Waals surface area contributed by atoms with Crippen LogP contribution in [0.5, 0.6) is 0 Å². The number of hydrogen-bond acceptors (Lipinski definition) is 5. The summed E-state index contributed by atoms with van der Waals surface area (Å²) in [5, 5.41) is 25.8. The SMILES string of the molecule is O=[N+]([O-])OC(O)CCCCCO. The Kier molecular flexibility index (Phi) is 6.31. The van der Waals surface area contributed by atoms with Crippen LogP contribution in [0.15, 0.2) is 0 Å². The van der Waals surface area contributed by atoms with Crippen LogP contribution in [0.2, 0.25) is 0 Å². The summed E-state index contributed by atoms with van der Waals surface area (Å²) < 4.78 is 0. The first-order valence-electron chi connectivity index (χ1n) is 3.77. The molecule has 0 fully saturated rings. The first kappa shape index (κ1) is 11.1. The highest BCUT2D eigenvalue weighted by Gasteiger charge is 2.07. The molecule has 0 spiro atoms. The normalized spacial score (nSPS) is 12.5. The van der Waals surface area contributed by atoms with Gasteiger partial charge in [-0.2, -0.15) is 0 Å². The summed E-state index contributed by atoms with van der Waals surface area (Å²) in [7, 11) is 0. The number of unbranched alkanes of at least 4 members (excludes halogenated alkanes) is 2. The molecule has 0 amide bonds. The van der Waals surface area contributed by atoms with Gasteiger partial charge in [-0.3, -0.25) is 4.84 Å². The van der Waals surface area contributed by atoms with Gasteiger partial charge in [0.2, 0.25) is 6.29 Å². The number of aliphatic hydroxyl groups excluding tert-OH is 2. The topological polar surface area (TPSA) is 92.8 Å². The monoisotopic (exact) mass is 179 g/mol. The summed E-state index contributed by atoms with van der Waals surface area (Å²) in [6.45, 7) is 0.103. The van der Waals surface area contributed by atoms with E-state index in [1.54, 1.807) is 0 Å². The van der Waals surface area contributed by atoms with Crippen molar-refractivity contribution >= 4 is 0 Å². The Hall–Kier alpha value is -0.880. The molecule has 0 aromatic heterocycles. The van der Waals surface area contributed by atoms with Crippen molar-refractivity contribution < 1.29 is 20.1 Å². The Morgan fingerprint density at radius 2 is 2.08 bits per heavy atom. The highest BCUT2D eigenvalue weighted by atomic mass is 17.0. The van der Waals surface area contributed by atoms with Gasteiger partial charge in [0.15, 0.2) is 0 Å². The average Bonchev–Trinajstić information content (AvgIpc) is 1.97. The average molecular weight is 179 g/mol. The lowest BCUT2D eigenvalue weighted by atomic mass is 10.2. The standard InChI is InChI=1S/C6H13NO5/c8-5-3-1-2-4-6(9)12-7(10)11/h6,8-9H,1-5H2. The number of rotatable bonds is 7. The third-order valence-electron chi connectivity index (χ3n) is 1.32. The predicted octanol–water partition coefficient (Wildman–Crippen LogP) is 0.0658. The molecule has 72 valence electrons. The van der Waals surface area contributed by atoms with Crippen LogP contribution < -0.4 is 0 Å². The van der Waals surface area contributed by atoms with Gasteiger partial charge in [-0.15, -0.1) is 10.1 Å². The van der Waals surface area contributed by atoms with Gasteiger partial charge in [-0.25, -0.2) is 0 Å². The van der Waals surface area contributed by atoms with Gasteiger partial charge in [-0.1, -0.05) is 6.42 Å². The van der Waals surface area contributed by atoms with Crippen molar-refractivity contribution in [2.75, 3.05) is 6.61 Å². The van der Waals surface area contributed by atoms with Gasteiger partial charge in [-0.05, 0) is 19.3 Å². The Bertz CT molecular complexity index is 129. The molecule has 0 saturated heterocycles. The van der Waals surface area contributed by atoms with Gasteiger partial charge in [0.1, 0.15) is 0 Å². The molecule has 0 aromatic carbocycles. The number of aliphatic hydroxyl groups is 2. The van der Waals surface area contributed by atoms with Crippen LogP contribution in [-0.2, 0) is 4.84 Å². The third kappa shape index (κ3) is 7.23. The van der Waals surface area contributed by atoms with Crippen LogP contribution in [0.3, 0.4) is 0 Å². The fraction of sp³-hybridized carbons (Fsp3) is 1.00. The molecule has 0 aliphatic carbocycles. The molecule has 0 radical (unpaired) electrons. The zero-order valence-corrected chi connectivity index (χ0v) is 6.68. The van der Waals surface area contributed by atoms with Crippen molar-refractivity contribution in [2.24, 2.45) is 0 Å². The maximum absolute atomic E-state index is 9.68. The van der Waals surface area contributed by atoms with Crippen LogP contribution in [-0.4, -0.2) is 28.2 Å². The van der Waals surface area contributed by atoms with E-state index >= 15 is 0 Å². The first-order chi connectivity index (χ1) is 5.66. The second kappa shape index (κ2) is 6.81. The minimum absolute atomic E-state index is 0.103. The lowest BCUT2D eigenvalue weighted by Gasteiger charge is -2.06. The van der Waals surface area contributed by atoms with Crippen LogP contribution >= 0.6 is 0 Å². The van der Waals surface area contributed by atoms with E-state index in [1.807, 2.05) is 0 Å². The van der Waals surface area contributed by atoms with E-state index in [1.165, 1.54) is 0 Å². The molecule has 0 rings (SSSR count). The van der Waals surface area contributed by atoms with Crippen molar-refractivity contribution in [1.29, 1.82) is 0 Å². The molecule has 0 saturated carbocycles. The van der Waals surface area contributed by atoms with Gasteiger partial charge >= 0.3 is 0 Å². The lowest BCUT2D eigenvalue weighted by Crippen LogP contribution is -2.15. The smallest absolute Gasteiger partial charge is 0.297 e. The molecule has 12 heavy (non-hydrogen) atoms. The molecule has 6 heteroatoms. The van der Waals surface area contributed by atoms with Crippen molar-refractivity contribution in [3.63, 3.8) is 0 Å². The Balaban J connectivity index is 3.19. The van der Waals surface area contributed by atoms with E-state index in [9.17, 15) is 10.1 Å². The van der Waals surface area contributed by atoms with Crippen LogP contribution in [0.1, 0.15) is 25.7 Å². The Morgan fingerprint density at radius 1 is 1.42 bits per heavy atom. The molecular formula is C6H13NO5. The molecular weight excluding hydrogens is 166 g/mol. The lowest BCUT2D eigenvalue weighted by molar-refractivity contribution is -0.780. The fourth-order valence-corrected chi connectivity index (χ4v) is 0.760. The second-order valence-corrected chi connectivity index (χ2v) is 2.36. The van der Waals surface area contributed by atoms with E-state index in [0.717, 1.165) is 6.42 Å². The number of hydrogen-bond donors (Lipinski definition) is 2. The molecule has 2 N–H and O–H groups in total. The molecule has 6 nitrogen and oxygen atoms in total. The maximum atomic E-state index is 9.68. The summed E-state index contributed by atoms with van der Waals surface area (Å²) in [6.07, 6.45) is 0.870. The van der Waals surface area contributed by atoms with E-state index in [0.29, 0.717) is 12.8 Å². The molecule has 1 unspecified atom stereocenters. The Labute approximate surface area is 69.9 Å². The molecule has 0 aromatic rings. The highest BCUT2D eigenvalue weighted by molar-refractivity contribution is 4.43. The highest BCUT2D eigenvalue weighted by Crippen LogP contribution is 2.04. The molecule has 1 atom stereocenters. The maximum Gasteiger partial charge on any atom is 0.297 e. The van der Waals surface area contributed by atoms with Gasteiger partial charge in [0.25, 0.3) is 5.09 Å². The molecule has 0 bridgehead atoms. The zero-order chi connectivity index (χ0) is 9.40. The summed E-state index contributed by atoms with van der Waals surface area (Å²) in [5.74, 6) is 0. The van der Waals surface area contributed by atoms with Gasteiger partial charge < -0.3 is 10.2 Å². The minimum Gasteiger partial charge on any atom is -0.396 e. The van der Waals surface area contributed by atoms with E-state index < -0.39 is 11.4 Å². The summed E-state index contributed by atoms with van der Waals surface area (Å²) in [5.41, 5.74) is 0. The quantitative estimate of drug-likeness (QED) is 0.249. The van der Waals surface area contributed by atoms with Gasteiger partial charge in [0, 0.05) is 6.61 Å². The van der Waals surface area contributed by atoms with Crippen LogP contribution in [0.25, 0.3) is 0 Å². The van der Waals surface area contributed by atoms with Crippen molar-refractivity contribution in [3.05, 3.63) is 10.1 Å². The summed E-state index contributed by atoms with van der Waals surface area (Å²) in [6, 6.07) is 0. The Morgan fingerprint density at radius 3 is 2.58 bits per heavy atom. The first-order valence-corrected chi connectivity index (χ1v) is 3.77. The fourth-order valence-electron chi connectivity index (χ4n) is 0.760. The zero-order valence-electron chi connectivity index (χ0n) is 6.68. The molecule has 0 heterocycles. The third-order valence-corrected chi connectivity index (χ3v) is 1.32. The van der Waals surface area contributed by atoms with E-state index in [4.69, 9.17) is 10.2 Å². The predicted molar refractivity (Wildman–Crippen MR) is 39.6 cm³/mol. The van der Waals surface area contributed by atoms with Crippen LogP contribution in [0, 0.1) is 10.1 Å². The van der Waals surface area contributed by atoms with Crippen molar-refractivity contribution in [2.45, 2.75) is 32.0 Å². The second-order valence-electron chi connectivity index (χ2n) is 2.36. The molecule has 0 aliphatic rings. The largest absolute Gasteiger partial charge is 0.396 e. The van der Waals surface area contributed by atoms with Crippen LogP contribution in [0.4, 0.5) is 0 Å². The van der Waals surface area contributed by atoms with Gasteiger partial charge in [0.05, 0.1) is 0 Å². The van der Waals surface area contributed by atoms with Crippen molar-refractivity contribution in [1.82, 2.24) is 0 Å². The molecule has 0 aliphatic heterocycles. The van der Waals surface area contributed by atoms with E-state index in [2.05, 4.69) is 4.84 Å².